The Bertz CT molecular complexity index is 786. The number of hydrogen-bond donors (Lipinski definition) is 2. The van der Waals surface area contributed by atoms with Crippen molar-refractivity contribution in [3.63, 3.8) is 0 Å². The molecule has 0 saturated heterocycles. The van der Waals surface area contributed by atoms with Crippen molar-refractivity contribution in [3.05, 3.63) is 44.7 Å². The highest BCUT2D eigenvalue weighted by atomic mass is 79.9. The van der Waals surface area contributed by atoms with Crippen LogP contribution < -0.4 is 11.1 Å². The molecule has 22 heavy (non-hydrogen) atoms. The summed E-state index contributed by atoms with van der Waals surface area (Å²) in [6, 6.07) is 5.73. The maximum atomic E-state index is 6.16. The molecule has 0 aliphatic rings. The van der Waals surface area contributed by atoms with Gasteiger partial charge in [-0.1, -0.05) is 11.6 Å². The highest BCUT2D eigenvalue weighted by Crippen LogP contribution is 2.40. The zero-order valence-corrected chi connectivity index (χ0v) is 15.1. The fourth-order valence-electron chi connectivity index (χ4n) is 2.20. The Morgan fingerprint density at radius 1 is 1.55 bits per heavy atom. The Balaban J connectivity index is 1.98. The molecule has 3 aromatic heterocycles. The monoisotopic (exact) mass is 399 g/mol. The quantitative estimate of drug-likeness (QED) is 0.603. The van der Waals surface area contributed by atoms with Crippen LogP contribution in [-0.2, 0) is 13.0 Å². The van der Waals surface area contributed by atoms with Gasteiger partial charge in [-0.25, -0.2) is 4.98 Å². The first-order valence-electron chi connectivity index (χ1n) is 6.84. The van der Waals surface area contributed by atoms with Gasteiger partial charge >= 0.3 is 0 Å². The number of nitrogens with one attached hydrogen (secondary N) is 1. The number of anilines is 1. The minimum Gasteiger partial charge on any atom is -0.467 e. The number of nitrogens with two attached hydrogens (primary N) is 1. The molecule has 3 aromatic rings. The van der Waals surface area contributed by atoms with Gasteiger partial charge in [-0.3, -0.25) is 0 Å². The Labute approximate surface area is 145 Å². The fourth-order valence-corrected chi connectivity index (χ4v) is 4.49. The molecule has 4 nitrogen and oxygen atoms in total. The lowest BCUT2D eigenvalue weighted by Gasteiger charge is -2.06. The van der Waals surface area contributed by atoms with Gasteiger partial charge in [-0.2, -0.15) is 0 Å². The molecule has 3 rings (SSSR count). The average Bonchev–Trinajstić information content (AvgIpc) is 3.07. The van der Waals surface area contributed by atoms with Crippen LogP contribution in [-0.4, -0.2) is 11.0 Å². The highest BCUT2D eigenvalue weighted by molar-refractivity contribution is 9.10. The molecule has 3 heterocycles. The van der Waals surface area contributed by atoms with Crippen molar-refractivity contribution < 1.29 is 4.42 Å². The van der Waals surface area contributed by atoms with Crippen LogP contribution >= 0.6 is 38.9 Å². The first kappa shape index (κ1) is 15.8. The molecule has 116 valence electrons. The topological polar surface area (TPSA) is 64.1 Å². The summed E-state index contributed by atoms with van der Waals surface area (Å²) in [5.74, 6) is 0.868. The molecular weight excluding hydrogens is 386 g/mol. The molecule has 0 aliphatic carbocycles. The average molecular weight is 401 g/mol. The van der Waals surface area contributed by atoms with E-state index in [1.54, 1.807) is 17.6 Å². The van der Waals surface area contributed by atoms with Crippen LogP contribution in [0.25, 0.3) is 10.2 Å². The van der Waals surface area contributed by atoms with Gasteiger partial charge in [0.1, 0.15) is 10.9 Å². The third-order valence-corrected chi connectivity index (χ3v) is 5.71. The van der Waals surface area contributed by atoms with Crippen LogP contribution in [0.2, 0.25) is 5.15 Å². The lowest BCUT2D eigenvalue weighted by molar-refractivity contribution is 0.518. The first-order valence-corrected chi connectivity index (χ1v) is 8.82. The van der Waals surface area contributed by atoms with E-state index in [0.717, 1.165) is 32.6 Å². The zero-order chi connectivity index (χ0) is 15.7. The maximum absolute atomic E-state index is 6.16. The van der Waals surface area contributed by atoms with E-state index in [-0.39, 0.29) is 6.04 Å². The lowest BCUT2D eigenvalue weighted by atomic mass is 10.2. The molecule has 1 atom stereocenters. The summed E-state index contributed by atoms with van der Waals surface area (Å²) < 4.78 is 7.39. The molecule has 0 radical (unpaired) electrons. The number of rotatable bonds is 5. The lowest BCUT2D eigenvalue weighted by Crippen LogP contribution is -2.17. The number of nitrogens with zero attached hydrogens (tertiary/aromatic N) is 1. The van der Waals surface area contributed by atoms with Gasteiger partial charge in [0.05, 0.1) is 33.2 Å². The second kappa shape index (κ2) is 6.58. The minimum absolute atomic E-state index is 0.0966. The number of aromatic nitrogens is 1. The van der Waals surface area contributed by atoms with Gasteiger partial charge in [-0.05, 0) is 41.4 Å². The van der Waals surface area contributed by atoms with Gasteiger partial charge in [0.15, 0.2) is 0 Å². The third kappa shape index (κ3) is 3.30. The molecule has 0 unspecified atom stereocenters. The normalized spacial score (nSPS) is 12.7. The zero-order valence-electron chi connectivity index (χ0n) is 11.9. The molecular formula is C15H15BrClN3OS. The van der Waals surface area contributed by atoms with Crippen molar-refractivity contribution in [3.8, 4) is 0 Å². The van der Waals surface area contributed by atoms with Crippen molar-refractivity contribution in [1.82, 2.24) is 4.98 Å². The number of halogens is 2. The second-order valence-electron chi connectivity index (χ2n) is 5.12. The summed E-state index contributed by atoms with van der Waals surface area (Å²) in [6.07, 6.45) is 2.46. The molecule has 0 aliphatic heterocycles. The van der Waals surface area contributed by atoms with E-state index in [1.807, 2.05) is 25.1 Å². The predicted octanol–water partition coefficient (Wildman–Crippen LogP) is 4.81. The van der Waals surface area contributed by atoms with Crippen molar-refractivity contribution in [2.75, 3.05) is 5.32 Å². The summed E-state index contributed by atoms with van der Waals surface area (Å²) in [5.41, 5.74) is 7.74. The second-order valence-corrected chi connectivity index (χ2v) is 7.41. The molecule has 0 saturated carbocycles. The maximum Gasteiger partial charge on any atom is 0.131 e. The highest BCUT2D eigenvalue weighted by Gasteiger charge is 2.16. The Kier molecular flexibility index (Phi) is 4.73. The van der Waals surface area contributed by atoms with Crippen molar-refractivity contribution >= 4 is 54.8 Å². The van der Waals surface area contributed by atoms with Crippen LogP contribution in [0.1, 0.15) is 17.6 Å². The van der Waals surface area contributed by atoms with E-state index in [1.165, 1.54) is 4.88 Å². The summed E-state index contributed by atoms with van der Waals surface area (Å²) in [6.45, 7) is 2.59. The van der Waals surface area contributed by atoms with Crippen LogP contribution in [0.5, 0.6) is 0 Å². The Morgan fingerprint density at radius 3 is 3.05 bits per heavy atom. The van der Waals surface area contributed by atoms with Gasteiger partial charge < -0.3 is 15.5 Å². The molecule has 3 N–H and O–H groups in total. The Hall–Kier alpha value is -1.08. The summed E-state index contributed by atoms with van der Waals surface area (Å²) in [5, 5.41) is 3.82. The number of hydrogen-bond acceptors (Lipinski definition) is 5. The van der Waals surface area contributed by atoms with Crippen molar-refractivity contribution in [1.29, 1.82) is 0 Å². The predicted molar refractivity (Wildman–Crippen MR) is 95.7 cm³/mol. The van der Waals surface area contributed by atoms with Crippen LogP contribution in [0.4, 0.5) is 5.69 Å². The summed E-state index contributed by atoms with van der Waals surface area (Å²) >= 11 is 11.5. The summed E-state index contributed by atoms with van der Waals surface area (Å²) in [7, 11) is 0. The van der Waals surface area contributed by atoms with Crippen LogP contribution in [0.3, 0.4) is 0 Å². The smallest absolute Gasteiger partial charge is 0.131 e. The minimum atomic E-state index is 0.0966. The Morgan fingerprint density at radius 2 is 2.36 bits per heavy atom. The standard InChI is InChI=1S/C15H15BrClN3OS/c1-8(18)5-11-13(16)14-15(22-11)10(6-12(17)20-14)19-7-9-3-2-4-21-9/h2-4,6,8H,5,7,18H2,1H3,(H,19,20)/t8-/m0/s1. The van der Waals surface area contributed by atoms with Gasteiger partial charge in [0.25, 0.3) is 0 Å². The van der Waals surface area contributed by atoms with E-state index in [0.29, 0.717) is 11.7 Å². The van der Waals surface area contributed by atoms with Crippen molar-refractivity contribution in [2.24, 2.45) is 5.73 Å². The van der Waals surface area contributed by atoms with Crippen LogP contribution in [0, 0.1) is 0 Å². The number of furan rings is 1. The molecule has 0 aromatic carbocycles. The van der Waals surface area contributed by atoms with Gasteiger partial charge in [0, 0.05) is 17.0 Å². The van der Waals surface area contributed by atoms with Crippen molar-refractivity contribution in [2.45, 2.75) is 25.9 Å². The molecule has 7 heteroatoms. The molecule has 0 fully saturated rings. The fraction of sp³-hybridized carbons (Fsp3) is 0.267. The molecule has 0 spiro atoms. The third-order valence-electron chi connectivity index (χ3n) is 3.16. The number of thiophene rings is 1. The van der Waals surface area contributed by atoms with E-state index in [4.69, 9.17) is 21.8 Å². The van der Waals surface area contributed by atoms with E-state index in [9.17, 15) is 0 Å². The largest absolute Gasteiger partial charge is 0.467 e. The number of fused-ring (bicyclic) bond motifs is 1. The van der Waals surface area contributed by atoms with Gasteiger partial charge in [-0.15, -0.1) is 11.3 Å². The number of pyridine rings is 1. The van der Waals surface area contributed by atoms with E-state index >= 15 is 0 Å². The first-order chi connectivity index (χ1) is 10.5. The summed E-state index contributed by atoms with van der Waals surface area (Å²) in [4.78, 5) is 5.61. The van der Waals surface area contributed by atoms with Gasteiger partial charge in [0.2, 0.25) is 0 Å². The van der Waals surface area contributed by atoms with E-state index < -0.39 is 0 Å². The molecule has 0 amide bonds. The SMILES string of the molecule is C[C@H](N)Cc1sc2c(NCc3ccco3)cc(Cl)nc2c1Br. The van der Waals surface area contributed by atoms with Crippen LogP contribution in [0.15, 0.2) is 33.4 Å². The van der Waals surface area contributed by atoms with E-state index in [2.05, 4.69) is 26.2 Å². The molecule has 0 bridgehead atoms.